The van der Waals surface area contributed by atoms with E-state index in [1.54, 1.807) is 0 Å². The predicted octanol–water partition coefficient (Wildman–Crippen LogP) is 3.73. The highest BCUT2D eigenvalue weighted by molar-refractivity contribution is 5.44. The summed E-state index contributed by atoms with van der Waals surface area (Å²) in [5.41, 5.74) is 2.75. The summed E-state index contributed by atoms with van der Waals surface area (Å²) in [5.74, 6) is 0. The van der Waals surface area contributed by atoms with Crippen molar-refractivity contribution in [1.82, 2.24) is 0 Å². The summed E-state index contributed by atoms with van der Waals surface area (Å²) in [7, 11) is 0. The summed E-state index contributed by atoms with van der Waals surface area (Å²) in [5, 5.41) is 0. The summed E-state index contributed by atoms with van der Waals surface area (Å²) in [6.07, 6.45) is 20.6. The van der Waals surface area contributed by atoms with Gasteiger partial charge in [-0.3, -0.25) is 0 Å². The lowest BCUT2D eigenvalue weighted by atomic mass is 9.99. The molecular formula is C13H15. The van der Waals surface area contributed by atoms with E-state index in [0.29, 0.717) is 0 Å². The molecule has 2 aliphatic carbocycles. The Kier molecular flexibility index (Phi) is 2.81. The van der Waals surface area contributed by atoms with Crippen molar-refractivity contribution in [2.45, 2.75) is 32.1 Å². The molecule has 0 aromatic heterocycles. The standard InChI is InChI=1S/C13H15/c1-2-4-8-12(9-5-3-1)13-10-6-7-11-13/h4,6-8,10H,1-3,5,11H2/b8-4-,12-9?. The molecule has 13 heavy (non-hydrogen) atoms. The first kappa shape index (κ1) is 8.55. The predicted molar refractivity (Wildman–Crippen MR) is 56.2 cm³/mol. The van der Waals surface area contributed by atoms with E-state index in [0.717, 1.165) is 12.8 Å². The summed E-state index contributed by atoms with van der Waals surface area (Å²) in [6, 6.07) is 0. The molecular weight excluding hydrogens is 156 g/mol. The van der Waals surface area contributed by atoms with Crippen LogP contribution in [0.5, 0.6) is 0 Å². The fourth-order valence-electron chi connectivity index (χ4n) is 1.74. The zero-order valence-corrected chi connectivity index (χ0v) is 7.92. The molecule has 2 rings (SSSR count). The Bertz CT molecular complexity index is 287. The van der Waals surface area contributed by atoms with E-state index < -0.39 is 0 Å². The minimum Gasteiger partial charge on any atom is -0.0839 e. The molecule has 0 bridgehead atoms. The number of hydrogen-bond donors (Lipinski definition) is 0. The van der Waals surface area contributed by atoms with Crippen molar-refractivity contribution >= 4 is 0 Å². The Morgan fingerprint density at radius 1 is 1.15 bits per heavy atom. The van der Waals surface area contributed by atoms with Crippen molar-refractivity contribution < 1.29 is 0 Å². The van der Waals surface area contributed by atoms with Gasteiger partial charge in [0.2, 0.25) is 0 Å². The maximum atomic E-state index is 3.49. The second kappa shape index (κ2) is 4.27. The molecule has 0 heterocycles. The van der Waals surface area contributed by atoms with Gasteiger partial charge in [0.05, 0.1) is 0 Å². The third-order valence-electron chi connectivity index (χ3n) is 2.51. The first-order valence-corrected chi connectivity index (χ1v) is 5.10. The Balaban J connectivity index is 2.11. The molecule has 0 nitrogen and oxygen atoms in total. The summed E-state index contributed by atoms with van der Waals surface area (Å²) < 4.78 is 0. The second-order valence-electron chi connectivity index (χ2n) is 3.56. The van der Waals surface area contributed by atoms with Gasteiger partial charge >= 0.3 is 0 Å². The highest BCUT2D eigenvalue weighted by atomic mass is 14.1. The van der Waals surface area contributed by atoms with Crippen molar-refractivity contribution in [3.05, 3.63) is 47.6 Å². The van der Waals surface area contributed by atoms with Gasteiger partial charge in [-0.15, -0.1) is 0 Å². The van der Waals surface area contributed by atoms with Crippen LogP contribution in [0.1, 0.15) is 32.1 Å². The van der Waals surface area contributed by atoms with Crippen LogP contribution in [0.2, 0.25) is 0 Å². The number of allylic oxidation sites excluding steroid dienone is 8. The fraction of sp³-hybridized carbons (Fsp3) is 0.385. The van der Waals surface area contributed by atoms with Gasteiger partial charge in [-0.1, -0.05) is 30.4 Å². The molecule has 0 saturated heterocycles. The lowest BCUT2D eigenvalue weighted by Crippen LogP contribution is -1.87. The molecule has 0 saturated carbocycles. The van der Waals surface area contributed by atoms with Crippen molar-refractivity contribution in [2.75, 3.05) is 0 Å². The van der Waals surface area contributed by atoms with Gasteiger partial charge < -0.3 is 0 Å². The zero-order valence-electron chi connectivity index (χ0n) is 7.92. The molecule has 0 fully saturated rings. The molecule has 0 amide bonds. The van der Waals surface area contributed by atoms with E-state index >= 15 is 0 Å². The van der Waals surface area contributed by atoms with Gasteiger partial charge in [-0.05, 0) is 49.3 Å². The van der Waals surface area contributed by atoms with E-state index in [2.05, 4.69) is 36.5 Å². The van der Waals surface area contributed by atoms with E-state index in [4.69, 9.17) is 0 Å². The summed E-state index contributed by atoms with van der Waals surface area (Å²) >= 11 is 0. The van der Waals surface area contributed by atoms with Gasteiger partial charge in [-0.25, -0.2) is 0 Å². The van der Waals surface area contributed by atoms with E-state index in [1.807, 2.05) is 0 Å². The lowest BCUT2D eigenvalue weighted by Gasteiger charge is -2.06. The van der Waals surface area contributed by atoms with E-state index in [-0.39, 0.29) is 0 Å². The summed E-state index contributed by atoms with van der Waals surface area (Å²) in [4.78, 5) is 0. The van der Waals surface area contributed by atoms with Crippen LogP contribution in [-0.2, 0) is 0 Å². The van der Waals surface area contributed by atoms with Crippen LogP contribution in [0, 0.1) is 6.08 Å². The van der Waals surface area contributed by atoms with Crippen LogP contribution in [0.15, 0.2) is 41.5 Å². The van der Waals surface area contributed by atoms with Crippen LogP contribution in [0.4, 0.5) is 0 Å². The number of rotatable bonds is 1. The average Bonchev–Trinajstić information content (AvgIpc) is 2.55. The Morgan fingerprint density at radius 2 is 2.15 bits per heavy atom. The Morgan fingerprint density at radius 3 is 3.00 bits per heavy atom. The molecule has 0 unspecified atom stereocenters. The molecule has 2 aliphatic rings. The fourth-order valence-corrected chi connectivity index (χ4v) is 1.74. The Hall–Kier alpha value is -1.04. The highest BCUT2D eigenvalue weighted by Crippen LogP contribution is 2.23. The van der Waals surface area contributed by atoms with Crippen molar-refractivity contribution in [2.24, 2.45) is 0 Å². The van der Waals surface area contributed by atoms with Gasteiger partial charge in [-0.2, -0.15) is 0 Å². The first-order chi connectivity index (χ1) is 6.47. The van der Waals surface area contributed by atoms with Crippen molar-refractivity contribution in [3.8, 4) is 0 Å². The number of hydrogen-bond acceptors (Lipinski definition) is 0. The molecule has 0 aromatic carbocycles. The van der Waals surface area contributed by atoms with Gasteiger partial charge in [0, 0.05) is 0 Å². The first-order valence-electron chi connectivity index (χ1n) is 5.10. The van der Waals surface area contributed by atoms with Gasteiger partial charge in [0.1, 0.15) is 0 Å². The smallest absolute Gasteiger partial charge is 0.00883 e. The minimum atomic E-state index is 1.09. The van der Waals surface area contributed by atoms with Crippen LogP contribution in [0.25, 0.3) is 0 Å². The monoisotopic (exact) mass is 171 g/mol. The van der Waals surface area contributed by atoms with Crippen LogP contribution in [-0.4, -0.2) is 0 Å². The molecule has 0 spiro atoms. The maximum Gasteiger partial charge on any atom is -0.00883 e. The summed E-state index contributed by atoms with van der Waals surface area (Å²) in [6.45, 7) is 0. The average molecular weight is 171 g/mol. The van der Waals surface area contributed by atoms with Crippen LogP contribution >= 0.6 is 0 Å². The third-order valence-corrected chi connectivity index (χ3v) is 2.51. The molecule has 0 heteroatoms. The van der Waals surface area contributed by atoms with Crippen molar-refractivity contribution in [1.29, 1.82) is 0 Å². The molecule has 67 valence electrons. The van der Waals surface area contributed by atoms with E-state index in [9.17, 15) is 0 Å². The third kappa shape index (κ3) is 2.21. The highest BCUT2D eigenvalue weighted by Gasteiger charge is 2.04. The minimum absolute atomic E-state index is 1.09. The Labute approximate surface area is 80.3 Å². The van der Waals surface area contributed by atoms with Crippen molar-refractivity contribution in [3.63, 3.8) is 0 Å². The van der Waals surface area contributed by atoms with Gasteiger partial charge in [0.25, 0.3) is 0 Å². The van der Waals surface area contributed by atoms with E-state index in [1.165, 1.54) is 30.4 Å². The molecule has 0 N–H and O–H groups in total. The normalized spacial score (nSPS) is 28.6. The van der Waals surface area contributed by atoms with Gasteiger partial charge in [0.15, 0.2) is 0 Å². The molecule has 0 aliphatic heterocycles. The maximum absolute atomic E-state index is 3.49. The second-order valence-corrected chi connectivity index (χ2v) is 3.56. The SMILES string of the molecule is [C]1=C(C2=CC=CC2)\C=C/CCCC/1. The topological polar surface area (TPSA) is 0 Å². The lowest BCUT2D eigenvalue weighted by molar-refractivity contribution is 0.746. The molecule has 1 radical (unpaired) electrons. The van der Waals surface area contributed by atoms with Crippen LogP contribution < -0.4 is 0 Å². The zero-order chi connectivity index (χ0) is 8.93. The quantitative estimate of drug-likeness (QED) is 0.564. The molecule has 0 aromatic rings. The molecule has 0 atom stereocenters. The largest absolute Gasteiger partial charge is 0.0839 e. The van der Waals surface area contributed by atoms with Crippen LogP contribution in [0.3, 0.4) is 0 Å².